The number of hydrogen-bond acceptors (Lipinski definition) is 1. The van der Waals surface area contributed by atoms with Gasteiger partial charge in [-0.2, -0.15) is 0 Å². The van der Waals surface area contributed by atoms with Crippen molar-refractivity contribution in [1.29, 1.82) is 0 Å². The summed E-state index contributed by atoms with van der Waals surface area (Å²) in [4.78, 5) is 2.52. The van der Waals surface area contributed by atoms with Crippen LogP contribution >= 0.6 is 0 Å². The second-order valence-corrected chi connectivity index (χ2v) is 19.6. The van der Waals surface area contributed by atoms with Crippen molar-refractivity contribution in [3.8, 4) is 66.8 Å². The van der Waals surface area contributed by atoms with Crippen LogP contribution in [0.25, 0.3) is 66.8 Å². The highest BCUT2D eigenvalue weighted by molar-refractivity contribution is 6.02. The zero-order chi connectivity index (χ0) is 47.5. The van der Waals surface area contributed by atoms with Gasteiger partial charge in [0, 0.05) is 22.4 Å². The van der Waals surface area contributed by atoms with Gasteiger partial charge in [0.15, 0.2) is 0 Å². The summed E-state index contributed by atoms with van der Waals surface area (Å²) in [6.07, 6.45) is 0. The van der Waals surface area contributed by atoms with Crippen LogP contribution in [-0.2, 0) is 10.8 Å². The number of hydrogen-bond donors (Lipinski definition) is 0. The molecule has 0 aliphatic heterocycles. The van der Waals surface area contributed by atoms with Gasteiger partial charge in [-0.3, -0.25) is 0 Å². The van der Waals surface area contributed by atoms with Crippen LogP contribution in [0.2, 0.25) is 0 Å². The molecule has 0 radical (unpaired) electrons. The van der Waals surface area contributed by atoms with E-state index < -0.39 is 5.41 Å². The largest absolute Gasteiger partial charge is 0.310 e. The summed E-state index contributed by atoms with van der Waals surface area (Å²) >= 11 is 0. The van der Waals surface area contributed by atoms with Crippen molar-refractivity contribution in [2.24, 2.45) is 0 Å². The first-order valence-electron chi connectivity index (χ1n) is 24.8. The predicted molar refractivity (Wildman–Crippen MR) is 298 cm³/mol. The fourth-order valence-electron chi connectivity index (χ4n) is 12.2. The summed E-state index contributed by atoms with van der Waals surface area (Å²) in [7, 11) is 0. The number of fused-ring (bicyclic) bond motifs is 6. The molecule has 0 spiro atoms. The molecule has 0 saturated heterocycles. The summed E-state index contributed by atoms with van der Waals surface area (Å²) in [6, 6.07) is 101. The maximum Gasteiger partial charge on any atom is 0.0713 e. The molecule has 1 nitrogen and oxygen atoms in total. The van der Waals surface area contributed by atoms with Crippen LogP contribution < -0.4 is 4.90 Å². The third-order valence-corrected chi connectivity index (χ3v) is 15.4. The van der Waals surface area contributed by atoms with Gasteiger partial charge in [0.05, 0.1) is 11.1 Å². The third-order valence-electron chi connectivity index (χ3n) is 15.4. The topological polar surface area (TPSA) is 3.24 Å². The first-order valence-corrected chi connectivity index (χ1v) is 24.8. The van der Waals surface area contributed by atoms with Gasteiger partial charge < -0.3 is 4.90 Å². The highest BCUT2D eigenvalue weighted by Crippen LogP contribution is 2.58. The van der Waals surface area contributed by atoms with E-state index in [1.165, 1.54) is 100 Å². The van der Waals surface area contributed by atoms with Crippen LogP contribution in [0.4, 0.5) is 17.1 Å². The normalized spacial score (nSPS) is 13.4. The molecule has 0 unspecified atom stereocenters. The molecule has 0 atom stereocenters. The van der Waals surface area contributed by atoms with Crippen LogP contribution in [0.1, 0.15) is 47.2 Å². The Kier molecular flexibility index (Phi) is 10.1. The van der Waals surface area contributed by atoms with Crippen LogP contribution in [-0.4, -0.2) is 0 Å². The standard InChI is InChI=1S/C70H51N/c1-69(2)63-38-19-17-34-58(63)60-43-41-51(46-66(60)69)50-27-21-32-54(45-50)71(67-40-22-37-57(49-25-9-4-10-26-49)68(67)61-36-16-15-33-56(61)48-23-7-3-8-24-48)55-42-44-65-62(47-55)59-35-18-20-39-64(59)70(65,52-28-11-5-12-29-52)53-30-13-6-14-31-53/h3-47H,1-2H3. The summed E-state index contributed by atoms with van der Waals surface area (Å²) in [5.74, 6) is 0. The maximum atomic E-state index is 2.52. The van der Waals surface area contributed by atoms with E-state index in [2.05, 4.69) is 292 Å². The highest BCUT2D eigenvalue weighted by atomic mass is 15.1. The second kappa shape index (κ2) is 17.0. The summed E-state index contributed by atoms with van der Waals surface area (Å²) in [6.45, 7) is 4.73. The molecule has 336 valence electrons. The summed E-state index contributed by atoms with van der Waals surface area (Å²) in [5, 5.41) is 0. The maximum absolute atomic E-state index is 2.52. The zero-order valence-corrected chi connectivity index (χ0v) is 39.9. The number of anilines is 3. The molecular formula is C70H51N. The molecule has 0 fully saturated rings. The minimum Gasteiger partial charge on any atom is -0.310 e. The number of rotatable bonds is 9. The van der Waals surface area contributed by atoms with Crippen molar-refractivity contribution in [2.45, 2.75) is 24.7 Å². The molecule has 0 bridgehead atoms. The fraction of sp³-hybridized carbons (Fsp3) is 0.0571. The van der Waals surface area contributed by atoms with Gasteiger partial charge >= 0.3 is 0 Å². The van der Waals surface area contributed by atoms with Gasteiger partial charge in [-0.25, -0.2) is 0 Å². The molecule has 11 aromatic rings. The van der Waals surface area contributed by atoms with Crippen molar-refractivity contribution >= 4 is 17.1 Å². The van der Waals surface area contributed by atoms with Gasteiger partial charge in [-0.15, -0.1) is 0 Å². The van der Waals surface area contributed by atoms with E-state index in [0.717, 1.165) is 17.1 Å². The van der Waals surface area contributed by atoms with Gasteiger partial charge in [0.2, 0.25) is 0 Å². The Morgan fingerprint density at radius 1 is 0.268 bits per heavy atom. The van der Waals surface area contributed by atoms with Crippen LogP contribution in [0.15, 0.2) is 273 Å². The number of nitrogens with zero attached hydrogens (tertiary/aromatic N) is 1. The van der Waals surface area contributed by atoms with Crippen molar-refractivity contribution in [3.05, 3.63) is 306 Å². The molecule has 0 heterocycles. The van der Waals surface area contributed by atoms with E-state index in [1.807, 2.05) is 0 Å². The average molecular weight is 906 g/mol. The first kappa shape index (κ1) is 42.3. The van der Waals surface area contributed by atoms with E-state index in [-0.39, 0.29) is 5.41 Å². The highest BCUT2D eigenvalue weighted by Gasteiger charge is 2.46. The van der Waals surface area contributed by atoms with E-state index in [0.29, 0.717) is 0 Å². The number of benzene rings is 11. The lowest BCUT2D eigenvalue weighted by Gasteiger charge is -2.34. The van der Waals surface area contributed by atoms with Gasteiger partial charge in [-0.05, 0) is 131 Å². The van der Waals surface area contributed by atoms with E-state index in [1.54, 1.807) is 0 Å². The third kappa shape index (κ3) is 6.76. The summed E-state index contributed by atoms with van der Waals surface area (Å²) < 4.78 is 0. The second-order valence-electron chi connectivity index (χ2n) is 19.6. The van der Waals surface area contributed by atoms with Crippen molar-refractivity contribution in [1.82, 2.24) is 0 Å². The van der Waals surface area contributed by atoms with Crippen molar-refractivity contribution in [2.75, 3.05) is 4.90 Å². The Morgan fingerprint density at radius 2 is 0.732 bits per heavy atom. The smallest absolute Gasteiger partial charge is 0.0713 e. The van der Waals surface area contributed by atoms with E-state index in [4.69, 9.17) is 0 Å². The fourth-order valence-corrected chi connectivity index (χ4v) is 12.2. The van der Waals surface area contributed by atoms with Crippen LogP contribution in [0.3, 0.4) is 0 Å². The molecule has 1 heteroatoms. The van der Waals surface area contributed by atoms with Crippen LogP contribution in [0, 0.1) is 0 Å². The first-order chi connectivity index (χ1) is 35.0. The van der Waals surface area contributed by atoms with Gasteiger partial charge in [-0.1, -0.05) is 250 Å². The molecule has 2 aliphatic rings. The summed E-state index contributed by atoms with van der Waals surface area (Å²) in [5.41, 5.74) is 25.1. The average Bonchev–Trinajstić information content (AvgIpc) is 3.87. The van der Waals surface area contributed by atoms with Crippen molar-refractivity contribution < 1.29 is 0 Å². The SMILES string of the molecule is CC1(C)c2ccccc2-c2ccc(-c3cccc(N(c4ccc5c(c4)-c4ccccc4C5(c4ccccc4)c4ccccc4)c4cccc(-c5ccccc5)c4-c4ccccc4-c4ccccc4)c3)cc21. The Labute approximate surface area is 417 Å². The molecule has 0 N–H and O–H groups in total. The molecule has 11 aromatic carbocycles. The lowest BCUT2D eigenvalue weighted by atomic mass is 9.68. The monoisotopic (exact) mass is 905 g/mol. The van der Waals surface area contributed by atoms with Crippen LogP contribution in [0.5, 0.6) is 0 Å². The van der Waals surface area contributed by atoms with Crippen molar-refractivity contribution in [3.63, 3.8) is 0 Å². The lowest BCUT2D eigenvalue weighted by Crippen LogP contribution is -2.28. The van der Waals surface area contributed by atoms with Gasteiger partial charge in [0.1, 0.15) is 0 Å². The van der Waals surface area contributed by atoms with E-state index in [9.17, 15) is 0 Å². The Hall–Kier alpha value is -8.78. The Bertz CT molecular complexity index is 3740. The molecule has 0 amide bonds. The predicted octanol–water partition coefficient (Wildman–Crippen LogP) is 18.5. The Balaban J connectivity index is 1.08. The molecule has 2 aliphatic carbocycles. The van der Waals surface area contributed by atoms with E-state index >= 15 is 0 Å². The zero-order valence-electron chi connectivity index (χ0n) is 39.9. The molecular weight excluding hydrogens is 855 g/mol. The minimum atomic E-state index is -0.508. The quantitative estimate of drug-likeness (QED) is 0.139. The minimum absolute atomic E-state index is 0.111. The molecule has 0 aromatic heterocycles. The molecule has 0 saturated carbocycles. The Morgan fingerprint density at radius 3 is 1.41 bits per heavy atom. The molecule has 71 heavy (non-hydrogen) atoms. The van der Waals surface area contributed by atoms with Gasteiger partial charge in [0.25, 0.3) is 0 Å². The molecule has 13 rings (SSSR count). The lowest BCUT2D eigenvalue weighted by molar-refractivity contribution is 0.660.